The number of ether oxygens (including phenoxy) is 1. The number of carbonyl (C=O) groups is 1. The van der Waals surface area contributed by atoms with Crippen LogP contribution in [0.25, 0.3) is 0 Å². The minimum atomic E-state index is -0.391. The van der Waals surface area contributed by atoms with Gasteiger partial charge in [-0.25, -0.2) is 0 Å². The van der Waals surface area contributed by atoms with Crippen molar-refractivity contribution in [1.82, 2.24) is 10.1 Å². The molecule has 7 nitrogen and oxygen atoms in total. The number of aliphatic hydroxyl groups excluding tert-OH is 1. The highest BCUT2D eigenvalue weighted by molar-refractivity contribution is 5.89. The smallest absolute Gasteiger partial charge is 0.226 e. The van der Waals surface area contributed by atoms with Gasteiger partial charge in [0.25, 0.3) is 0 Å². The highest BCUT2D eigenvalue weighted by atomic mass is 16.5. The topological polar surface area (TPSA) is 87.8 Å². The summed E-state index contributed by atoms with van der Waals surface area (Å²) in [5.74, 6) is 1.74. The number of hydrogen-bond donors (Lipinski definition) is 2. The Kier molecular flexibility index (Phi) is 5.35. The number of amides is 1. The number of likely N-dealkylation sites (tertiary alicyclic amines) is 1. The molecule has 0 aliphatic carbocycles. The molecule has 2 atom stereocenters. The lowest BCUT2D eigenvalue weighted by Gasteiger charge is -2.24. The molecule has 0 bridgehead atoms. The number of benzene rings is 1. The zero-order valence-electron chi connectivity index (χ0n) is 14.4. The van der Waals surface area contributed by atoms with Crippen LogP contribution in [0.5, 0.6) is 5.75 Å². The Morgan fingerprint density at radius 2 is 2.32 bits per heavy atom. The van der Waals surface area contributed by atoms with Crippen molar-refractivity contribution < 1.29 is 19.2 Å². The molecule has 1 amide bonds. The molecular formula is C18H23N3O4. The van der Waals surface area contributed by atoms with Gasteiger partial charge in [0.2, 0.25) is 5.91 Å². The van der Waals surface area contributed by atoms with Gasteiger partial charge in [-0.05, 0) is 31.0 Å². The second-order valence-corrected chi connectivity index (χ2v) is 6.30. The number of rotatable bonds is 6. The van der Waals surface area contributed by atoms with Gasteiger partial charge in [0, 0.05) is 31.6 Å². The third kappa shape index (κ3) is 4.37. The third-order valence-corrected chi connectivity index (χ3v) is 4.38. The summed E-state index contributed by atoms with van der Waals surface area (Å²) < 4.78 is 10.2. The number of hydrogen-bond acceptors (Lipinski definition) is 6. The van der Waals surface area contributed by atoms with Crippen LogP contribution in [0, 0.1) is 6.92 Å². The lowest BCUT2D eigenvalue weighted by molar-refractivity contribution is -0.116. The predicted molar refractivity (Wildman–Crippen MR) is 92.4 cm³/mol. The van der Waals surface area contributed by atoms with Crippen molar-refractivity contribution in [2.45, 2.75) is 31.9 Å². The molecule has 7 heteroatoms. The molecule has 2 N–H and O–H groups in total. The number of aliphatic hydroxyl groups is 1. The van der Waals surface area contributed by atoms with Gasteiger partial charge in [-0.15, -0.1) is 0 Å². The summed E-state index contributed by atoms with van der Waals surface area (Å²) in [6.45, 7) is 2.88. The summed E-state index contributed by atoms with van der Waals surface area (Å²) in [5, 5.41) is 16.5. The van der Waals surface area contributed by atoms with E-state index in [1.807, 2.05) is 24.3 Å². The van der Waals surface area contributed by atoms with E-state index >= 15 is 0 Å². The van der Waals surface area contributed by atoms with Crippen molar-refractivity contribution in [3.8, 4) is 5.75 Å². The second-order valence-electron chi connectivity index (χ2n) is 6.30. The van der Waals surface area contributed by atoms with Crippen LogP contribution in [0.3, 0.4) is 0 Å². The van der Waals surface area contributed by atoms with Gasteiger partial charge in [-0.2, -0.15) is 0 Å². The second kappa shape index (κ2) is 7.67. The molecule has 25 heavy (non-hydrogen) atoms. The zero-order valence-corrected chi connectivity index (χ0v) is 14.4. The van der Waals surface area contributed by atoms with Crippen LogP contribution in [0.1, 0.15) is 30.2 Å². The molecule has 2 aromatic rings. The third-order valence-electron chi connectivity index (χ3n) is 4.38. The Morgan fingerprint density at radius 3 is 3.04 bits per heavy atom. The number of nitrogens with one attached hydrogen (secondary N) is 1. The van der Waals surface area contributed by atoms with Gasteiger partial charge in [-0.3, -0.25) is 9.69 Å². The zero-order chi connectivity index (χ0) is 17.8. The van der Waals surface area contributed by atoms with E-state index in [1.165, 1.54) is 0 Å². The molecule has 1 aliphatic rings. The number of anilines is 1. The van der Waals surface area contributed by atoms with Crippen molar-refractivity contribution >= 4 is 11.7 Å². The first kappa shape index (κ1) is 17.4. The van der Waals surface area contributed by atoms with Crippen molar-refractivity contribution in [1.29, 1.82) is 0 Å². The Bertz CT molecular complexity index is 731. The molecule has 134 valence electrons. The average molecular weight is 345 g/mol. The molecule has 0 radical (unpaired) electrons. The molecule has 2 heterocycles. The van der Waals surface area contributed by atoms with Gasteiger partial charge in [0.05, 0.1) is 13.2 Å². The van der Waals surface area contributed by atoms with Crippen LogP contribution in [-0.4, -0.2) is 47.4 Å². The first-order valence-corrected chi connectivity index (χ1v) is 8.34. The maximum absolute atomic E-state index is 12.1. The quantitative estimate of drug-likeness (QED) is 0.834. The van der Waals surface area contributed by atoms with E-state index in [9.17, 15) is 9.90 Å². The SMILES string of the molecule is COc1cccc([C@H]2C[C@H](O)CN2CCC(=O)Nc2cc(C)on2)c1. The van der Waals surface area contributed by atoms with Crippen molar-refractivity contribution in [2.75, 3.05) is 25.5 Å². The number of aryl methyl sites for hydroxylation is 1. The maximum atomic E-state index is 12.1. The summed E-state index contributed by atoms with van der Waals surface area (Å²) in [7, 11) is 1.64. The Morgan fingerprint density at radius 1 is 1.48 bits per heavy atom. The summed E-state index contributed by atoms with van der Waals surface area (Å²) in [5.41, 5.74) is 1.09. The van der Waals surface area contributed by atoms with Crippen molar-refractivity contribution in [3.63, 3.8) is 0 Å². The van der Waals surface area contributed by atoms with E-state index in [1.54, 1.807) is 20.1 Å². The summed E-state index contributed by atoms with van der Waals surface area (Å²) >= 11 is 0. The summed E-state index contributed by atoms with van der Waals surface area (Å²) in [4.78, 5) is 14.2. The summed E-state index contributed by atoms with van der Waals surface area (Å²) in [6.07, 6.45) is 0.577. The fourth-order valence-corrected chi connectivity index (χ4v) is 3.20. The molecule has 3 rings (SSSR count). The van der Waals surface area contributed by atoms with Crippen LogP contribution in [0.4, 0.5) is 5.82 Å². The number of carbonyl (C=O) groups excluding carboxylic acids is 1. The highest BCUT2D eigenvalue weighted by Crippen LogP contribution is 2.33. The molecule has 1 saturated heterocycles. The lowest BCUT2D eigenvalue weighted by atomic mass is 10.0. The highest BCUT2D eigenvalue weighted by Gasteiger charge is 2.32. The largest absolute Gasteiger partial charge is 0.497 e. The fourth-order valence-electron chi connectivity index (χ4n) is 3.20. The van der Waals surface area contributed by atoms with Crippen molar-refractivity contribution in [3.05, 3.63) is 41.7 Å². The Balaban J connectivity index is 1.60. The molecule has 0 unspecified atom stereocenters. The van der Waals surface area contributed by atoms with E-state index in [4.69, 9.17) is 9.26 Å². The van der Waals surface area contributed by atoms with E-state index in [0.717, 1.165) is 11.3 Å². The Hall–Kier alpha value is -2.38. The first-order valence-electron chi connectivity index (χ1n) is 8.34. The number of aromatic nitrogens is 1. The van der Waals surface area contributed by atoms with Gasteiger partial charge in [0.1, 0.15) is 11.5 Å². The van der Waals surface area contributed by atoms with Gasteiger partial charge >= 0.3 is 0 Å². The molecule has 0 saturated carbocycles. The standard InChI is InChI=1S/C18H23N3O4/c1-12-8-17(20-25-12)19-18(23)6-7-21-11-14(22)10-16(21)13-4-3-5-15(9-13)24-2/h3-5,8-9,14,16,22H,6-7,10-11H2,1-2H3,(H,19,20,23)/t14-,16+/m0/s1. The van der Waals surface area contributed by atoms with Gasteiger partial charge in [-0.1, -0.05) is 17.3 Å². The van der Waals surface area contributed by atoms with Crippen molar-refractivity contribution in [2.24, 2.45) is 0 Å². The molecular weight excluding hydrogens is 322 g/mol. The van der Waals surface area contributed by atoms with Crippen LogP contribution >= 0.6 is 0 Å². The number of nitrogens with zero attached hydrogens (tertiary/aromatic N) is 2. The monoisotopic (exact) mass is 345 g/mol. The fraction of sp³-hybridized carbons (Fsp3) is 0.444. The minimum absolute atomic E-state index is 0.0761. The van der Waals surface area contributed by atoms with Gasteiger partial charge in [0.15, 0.2) is 5.82 Å². The number of β-amino-alcohol motifs (C(OH)–C–C–N with tert-alkyl or cyclic N) is 1. The van der Waals surface area contributed by atoms with Crippen LogP contribution in [-0.2, 0) is 4.79 Å². The van der Waals surface area contributed by atoms with E-state index in [-0.39, 0.29) is 11.9 Å². The van der Waals surface area contributed by atoms with E-state index in [0.29, 0.717) is 37.5 Å². The average Bonchev–Trinajstić information content (AvgIpc) is 3.18. The van der Waals surface area contributed by atoms with Crippen LogP contribution in [0.2, 0.25) is 0 Å². The lowest BCUT2D eigenvalue weighted by Crippen LogP contribution is -2.29. The van der Waals surface area contributed by atoms with E-state index in [2.05, 4.69) is 15.4 Å². The maximum Gasteiger partial charge on any atom is 0.226 e. The molecule has 0 spiro atoms. The number of methoxy groups -OCH3 is 1. The molecule has 1 fully saturated rings. The van der Waals surface area contributed by atoms with Gasteiger partial charge < -0.3 is 19.7 Å². The minimum Gasteiger partial charge on any atom is -0.497 e. The molecule has 1 aliphatic heterocycles. The summed E-state index contributed by atoms with van der Waals surface area (Å²) in [6, 6.07) is 9.59. The van der Waals surface area contributed by atoms with Crippen LogP contribution in [0.15, 0.2) is 34.9 Å². The van der Waals surface area contributed by atoms with E-state index < -0.39 is 6.10 Å². The first-order chi connectivity index (χ1) is 12.0. The predicted octanol–water partition coefficient (Wildman–Crippen LogP) is 2.13. The Labute approximate surface area is 146 Å². The molecule has 1 aromatic carbocycles. The normalized spacial score (nSPS) is 20.6. The van der Waals surface area contributed by atoms with Crippen LogP contribution < -0.4 is 10.1 Å². The molecule has 1 aromatic heterocycles.